The van der Waals surface area contributed by atoms with Crippen LogP contribution in [0.5, 0.6) is 0 Å². The Labute approximate surface area is 77.8 Å². The van der Waals surface area contributed by atoms with Gasteiger partial charge in [0.25, 0.3) is 0 Å². The first kappa shape index (κ1) is 10.8. The van der Waals surface area contributed by atoms with E-state index in [0.717, 1.165) is 13.0 Å². The highest BCUT2D eigenvalue weighted by Gasteiger charge is 2.16. The molecule has 0 amide bonds. The first-order valence-corrected chi connectivity index (χ1v) is 3.11. The highest BCUT2D eigenvalue weighted by atomic mass is 35.5. The number of hydrogen-bond donors (Lipinski definition) is 1. The number of nitrogens with zero attached hydrogens (tertiary/aromatic N) is 2. The number of nitrogens with two attached hydrogens (primary N) is 1. The van der Waals surface area contributed by atoms with E-state index in [1.165, 1.54) is 5.69 Å². The van der Waals surface area contributed by atoms with Crippen molar-refractivity contribution in [1.29, 1.82) is 0 Å². The van der Waals surface area contributed by atoms with Crippen LogP contribution in [0, 0.1) is 0 Å². The topological polar surface area (TPSA) is 43.8 Å². The zero-order valence-electron chi connectivity index (χ0n) is 5.93. The summed E-state index contributed by atoms with van der Waals surface area (Å²) >= 11 is 0. The van der Waals surface area contributed by atoms with E-state index >= 15 is 0 Å². The van der Waals surface area contributed by atoms with Crippen LogP contribution in [-0.2, 0) is 13.0 Å². The summed E-state index contributed by atoms with van der Waals surface area (Å²) < 4.78 is 2.10. The van der Waals surface area contributed by atoms with Crippen molar-refractivity contribution < 1.29 is 0 Å². The number of imidazole rings is 1. The second kappa shape index (κ2) is 3.95. The third kappa shape index (κ3) is 1.86. The molecule has 0 spiro atoms. The Balaban J connectivity index is 0.000000500. The summed E-state index contributed by atoms with van der Waals surface area (Å²) in [6.45, 7) is 0.940. The maximum absolute atomic E-state index is 5.68. The quantitative estimate of drug-likeness (QED) is 0.660. The van der Waals surface area contributed by atoms with Crippen molar-refractivity contribution in [2.45, 2.75) is 19.0 Å². The molecule has 0 fully saturated rings. The van der Waals surface area contributed by atoms with E-state index in [-0.39, 0.29) is 24.8 Å². The fourth-order valence-corrected chi connectivity index (χ4v) is 1.27. The van der Waals surface area contributed by atoms with Gasteiger partial charge >= 0.3 is 0 Å². The number of hydrogen-bond acceptors (Lipinski definition) is 2. The fraction of sp³-hybridized carbons (Fsp3) is 0.500. The Morgan fingerprint density at radius 2 is 2.27 bits per heavy atom. The molecular formula is C6H11Cl2N3. The summed E-state index contributed by atoms with van der Waals surface area (Å²) in [5, 5.41) is 0. The Bertz CT molecular complexity index is 203. The molecular weight excluding hydrogens is 185 g/mol. The molecule has 1 aliphatic heterocycles. The van der Waals surface area contributed by atoms with Gasteiger partial charge in [-0.05, 0) is 0 Å². The van der Waals surface area contributed by atoms with E-state index in [9.17, 15) is 0 Å². The monoisotopic (exact) mass is 195 g/mol. The lowest BCUT2D eigenvalue weighted by Gasteiger charge is -1.96. The Morgan fingerprint density at radius 3 is 2.91 bits per heavy atom. The summed E-state index contributed by atoms with van der Waals surface area (Å²) in [6, 6.07) is 0.322. The highest BCUT2D eigenvalue weighted by molar-refractivity contribution is 5.85. The van der Waals surface area contributed by atoms with Crippen LogP contribution < -0.4 is 5.73 Å². The fourth-order valence-electron chi connectivity index (χ4n) is 1.27. The molecule has 0 aliphatic carbocycles. The molecule has 1 atom stereocenters. The normalized spacial score (nSPS) is 19.9. The first-order chi connectivity index (χ1) is 4.36. The third-order valence-corrected chi connectivity index (χ3v) is 1.70. The van der Waals surface area contributed by atoms with Crippen molar-refractivity contribution in [3.05, 3.63) is 18.2 Å². The summed E-state index contributed by atoms with van der Waals surface area (Å²) in [5.41, 5.74) is 6.95. The van der Waals surface area contributed by atoms with Crippen LogP contribution in [0.3, 0.4) is 0 Å². The predicted octanol–water partition coefficient (Wildman–Crippen LogP) is 0.610. The lowest BCUT2D eigenvalue weighted by atomic mass is 10.2. The maximum Gasteiger partial charge on any atom is 0.0948 e. The Hall–Kier alpha value is -0.250. The largest absolute Gasteiger partial charge is 0.333 e. The van der Waals surface area contributed by atoms with Gasteiger partial charge < -0.3 is 10.3 Å². The second-order valence-corrected chi connectivity index (χ2v) is 2.50. The number of fused-ring (bicyclic) bond motifs is 1. The van der Waals surface area contributed by atoms with Crippen molar-refractivity contribution in [2.75, 3.05) is 0 Å². The SMILES string of the molecule is Cl.Cl.NC1Cc2cncn2C1. The maximum atomic E-state index is 5.68. The molecule has 1 aliphatic rings. The van der Waals surface area contributed by atoms with Crippen LogP contribution in [0.4, 0.5) is 0 Å². The van der Waals surface area contributed by atoms with Crippen molar-refractivity contribution in [2.24, 2.45) is 5.73 Å². The molecule has 1 aromatic rings. The van der Waals surface area contributed by atoms with Gasteiger partial charge in [-0.15, -0.1) is 24.8 Å². The smallest absolute Gasteiger partial charge is 0.0948 e. The van der Waals surface area contributed by atoms with Crippen molar-refractivity contribution >= 4 is 24.8 Å². The second-order valence-electron chi connectivity index (χ2n) is 2.50. The van der Waals surface area contributed by atoms with E-state index in [1.807, 2.05) is 12.5 Å². The molecule has 0 saturated heterocycles. The van der Waals surface area contributed by atoms with E-state index in [0.29, 0.717) is 6.04 Å². The minimum absolute atomic E-state index is 0. The minimum atomic E-state index is 0. The van der Waals surface area contributed by atoms with Gasteiger partial charge in [-0.2, -0.15) is 0 Å². The van der Waals surface area contributed by atoms with E-state index < -0.39 is 0 Å². The lowest BCUT2D eigenvalue weighted by molar-refractivity contribution is 0.636. The molecule has 11 heavy (non-hydrogen) atoms. The number of aromatic nitrogens is 2. The standard InChI is InChI=1S/C6H9N3.2ClH/c7-5-1-6-2-8-4-9(6)3-5;;/h2,4-5H,1,3,7H2;2*1H. The van der Waals surface area contributed by atoms with E-state index in [4.69, 9.17) is 5.73 Å². The molecule has 1 unspecified atom stereocenters. The molecule has 3 nitrogen and oxygen atoms in total. The van der Waals surface area contributed by atoms with Crippen LogP contribution in [0.15, 0.2) is 12.5 Å². The average molecular weight is 196 g/mol. The summed E-state index contributed by atoms with van der Waals surface area (Å²) in [6.07, 6.45) is 4.70. The van der Waals surface area contributed by atoms with Crippen LogP contribution in [0.1, 0.15) is 5.69 Å². The molecule has 5 heteroatoms. The molecule has 64 valence electrons. The zero-order chi connectivity index (χ0) is 6.27. The van der Waals surface area contributed by atoms with Gasteiger partial charge in [0.15, 0.2) is 0 Å². The average Bonchev–Trinajstić information content (AvgIpc) is 2.22. The summed E-state index contributed by atoms with van der Waals surface area (Å²) in [4.78, 5) is 3.99. The molecule has 1 aromatic heterocycles. The molecule has 0 aromatic carbocycles. The van der Waals surface area contributed by atoms with E-state index in [2.05, 4.69) is 9.55 Å². The van der Waals surface area contributed by atoms with Gasteiger partial charge in [-0.3, -0.25) is 0 Å². The van der Waals surface area contributed by atoms with Gasteiger partial charge in [0, 0.05) is 30.9 Å². The molecule has 0 radical (unpaired) electrons. The molecule has 2 rings (SSSR count). The number of halogens is 2. The Kier molecular flexibility index (Phi) is 3.86. The highest BCUT2D eigenvalue weighted by Crippen LogP contribution is 2.10. The van der Waals surface area contributed by atoms with Crippen LogP contribution >= 0.6 is 24.8 Å². The van der Waals surface area contributed by atoms with Crippen LogP contribution in [0.25, 0.3) is 0 Å². The van der Waals surface area contributed by atoms with Gasteiger partial charge in [-0.25, -0.2) is 4.98 Å². The van der Waals surface area contributed by atoms with Gasteiger partial charge in [0.1, 0.15) is 0 Å². The molecule has 0 saturated carbocycles. The molecule has 2 N–H and O–H groups in total. The Morgan fingerprint density at radius 1 is 1.55 bits per heavy atom. The van der Waals surface area contributed by atoms with Gasteiger partial charge in [-0.1, -0.05) is 0 Å². The lowest BCUT2D eigenvalue weighted by Crippen LogP contribution is -2.20. The summed E-state index contributed by atoms with van der Waals surface area (Å²) in [5.74, 6) is 0. The zero-order valence-corrected chi connectivity index (χ0v) is 7.57. The molecule has 2 heterocycles. The van der Waals surface area contributed by atoms with Crippen LogP contribution in [-0.4, -0.2) is 15.6 Å². The first-order valence-electron chi connectivity index (χ1n) is 3.11. The van der Waals surface area contributed by atoms with Crippen molar-refractivity contribution in [1.82, 2.24) is 9.55 Å². The van der Waals surface area contributed by atoms with E-state index in [1.54, 1.807) is 0 Å². The van der Waals surface area contributed by atoms with Gasteiger partial charge in [0.2, 0.25) is 0 Å². The molecule has 0 bridgehead atoms. The van der Waals surface area contributed by atoms with Crippen LogP contribution in [0.2, 0.25) is 0 Å². The van der Waals surface area contributed by atoms with Gasteiger partial charge in [0.05, 0.1) is 6.33 Å². The third-order valence-electron chi connectivity index (χ3n) is 1.70. The minimum Gasteiger partial charge on any atom is -0.333 e. The predicted molar refractivity (Wildman–Crippen MR) is 48.4 cm³/mol. The van der Waals surface area contributed by atoms with Crippen molar-refractivity contribution in [3.63, 3.8) is 0 Å². The van der Waals surface area contributed by atoms with Crippen molar-refractivity contribution in [3.8, 4) is 0 Å². The number of rotatable bonds is 0. The summed E-state index contributed by atoms with van der Waals surface area (Å²) in [7, 11) is 0.